The fraction of sp³-hybridized carbons (Fsp3) is 0.833. The molecule has 0 bridgehead atoms. The molecule has 2 fully saturated rings. The van der Waals surface area contributed by atoms with E-state index in [1.165, 1.54) is 0 Å². The summed E-state index contributed by atoms with van der Waals surface area (Å²) in [5.74, 6) is 1.09. The van der Waals surface area contributed by atoms with E-state index >= 15 is 0 Å². The molecule has 130 valence electrons. The maximum Gasteiger partial charge on any atom is 0.242 e. The Morgan fingerprint density at radius 1 is 1.26 bits per heavy atom. The summed E-state index contributed by atoms with van der Waals surface area (Å²) >= 11 is 0. The number of hydrogen-bond donors (Lipinski definition) is 0. The van der Waals surface area contributed by atoms with E-state index in [9.17, 15) is 14.4 Å². The number of hydrogen-bond acceptors (Lipinski definition) is 3. The lowest BCUT2D eigenvalue weighted by Crippen LogP contribution is -2.55. The molecule has 1 aliphatic heterocycles. The summed E-state index contributed by atoms with van der Waals surface area (Å²) in [6.45, 7) is 12.2. The molecule has 0 N–H and O–H groups in total. The summed E-state index contributed by atoms with van der Waals surface area (Å²) in [6.07, 6.45) is 1.25. The highest BCUT2D eigenvalue weighted by Gasteiger charge is 2.51. The van der Waals surface area contributed by atoms with Gasteiger partial charge < -0.3 is 9.80 Å². The lowest BCUT2D eigenvalue weighted by molar-refractivity contribution is -0.150. The number of nitrogens with zero attached hydrogens (tertiary/aromatic N) is 2. The quantitative estimate of drug-likeness (QED) is 0.777. The van der Waals surface area contributed by atoms with Crippen LogP contribution < -0.4 is 0 Å². The van der Waals surface area contributed by atoms with Crippen molar-refractivity contribution in [2.45, 2.75) is 47.5 Å². The van der Waals surface area contributed by atoms with Crippen LogP contribution in [-0.4, -0.2) is 53.6 Å². The number of rotatable bonds is 5. The summed E-state index contributed by atoms with van der Waals surface area (Å²) in [6, 6.07) is 0. The Labute approximate surface area is 139 Å². The molecule has 2 amide bonds. The molecule has 0 radical (unpaired) electrons. The van der Waals surface area contributed by atoms with Crippen LogP contribution in [0.5, 0.6) is 0 Å². The third kappa shape index (κ3) is 3.75. The molecule has 1 heterocycles. The number of piperazine rings is 1. The van der Waals surface area contributed by atoms with Crippen LogP contribution in [0.4, 0.5) is 0 Å². The van der Waals surface area contributed by atoms with Crippen molar-refractivity contribution in [1.82, 2.24) is 9.80 Å². The number of carbonyl (C=O) groups is 3. The fourth-order valence-corrected chi connectivity index (χ4v) is 3.95. The highest BCUT2D eigenvalue weighted by atomic mass is 16.2. The van der Waals surface area contributed by atoms with Gasteiger partial charge in [0.2, 0.25) is 11.8 Å². The Balaban J connectivity index is 1.86. The van der Waals surface area contributed by atoms with Gasteiger partial charge in [-0.05, 0) is 30.6 Å². The fourth-order valence-electron chi connectivity index (χ4n) is 3.95. The van der Waals surface area contributed by atoms with Crippen LogP contribution in [0.3, 0.4) is 0 Å². The summed E-state index contributed by atoms with van der Waals surface area (Å²) in [7, 11) is 0. The van der Waals surface area contributed by atoms with Crippen LogP contribution in [-0.2, 0) is 14.4 Å². The largest absolute Gasteiger partial charge is 0.339 e. The first-order valence-electron chi connectivity index (χ1n) is 8.69. The van der Waals surface area contributed by atoms with Crippen LogP contribution in [0.25, 0.3) is 0 Å². The molecular weight excluding hydrogens is 292 g/mol. The van der Waals surface area contributed by atoms with Gasteiger partial charge in [0.05, 0.1) is 6.54 Å². The molecule has 2 rings (SSSR count). The second-order valence-electron chi connectivity index (χ2n) is 8.17. The average Bonchev–Trinajstić information content (AvgIpc) is 2.43. The van der Waals surface area contributed by atoms with Gasteiger partial charge in [0.1, 0.15) is 5.78 Å². The molecule has 23 heavy (non-hydrogen) atoms. The third-order valence-corrected chi connectivity index (χ3v) is 5.64. The van der Waals surface area contributed by atoms with Crippen LogP contribution in [0.2, 0.25) is 0 Å². The van der Waals surface area contributed by atoms with Crippen LogP contribution in [0, 0.1) is 23.2 Å². The lowest BCUT2D eigenvalue weighted by atomic mass is 9.52. The van der Waals surface area contributed by atoms with E-state index in [1.807, 2.05) is 4.90 Å². The molecule has 0 unspecified atom stereocenters. The summed E-state index contributed by atoms with van der Waals surface area (Å²) in [5.41, 5.74) is -0.106. The average molecular weight is 322 g/mol. The zero-order valence-electron chi connectivity index (χ0n) is 15.1. The second-order valence-corrected chi connectivity index (χ2v) is 8.17. The second kappa shape index (κ2) is 6.62. The van der Waals surface area contributed by atoms with Gasteiger partial charge in [-0.3, -0.25) is 14.4 Å². The van der Waals surface area contributed by atoms with Crippen molar-refractivity contribution in [2.24, 2.45) is 23.2 Å². The normalized spacial score (nSPS) is 27.1. The minimum absolute atomic E-state index is 0.0489. The number of carbonyl (C=O) groups excluding carboxylic acids is 3. The van der Waals surface area contributed by atoms with Crippen molar-refractivity contribution in [2.75, 3.05) is 26.2 Å². The predicted octanol–water partition coefficient (Wildman–Crippen LogP) is 1.95. The van der Waals surface area contributed by atoms with E-state index in [0.717, 1.165) is 13.0 Å². The Kier molecular flexibility index (Phi) is 5.17. The molecule has 1 saturated heterocycles. The SMILES string of the molecule is CC(=O)[C@@H]1C[C@H](CC(=O)N2CCN(CC(C)C)C(=O)C2)C1(C)C. The Morgan fingerprint density at radius 2 is 1.91 bits per heavy atom. The van der Waals surface area contributed by atoms with Crippen molar-refractivity contribution in [1.29, 1.82) is 0 Å². The minimum Gasteiger partial charge on any atom is -0.339 e. The van der Waals surface area contributed by atoms with Gasteiger partial charge in [0, 0.05) is 32.0 Å². The molecule has 0 aromatic heterocycles. The van der Waals surface area contributed by atoms with Crippen molar-refractivity contribution < 1.29 is 14.4 Å². The van der Waals surface area contributed by atoms with E-state index < -0.39 is 0 Å². The van der Waals surface area contributed by atoms with E-state index in [2.05, 4.69) is 27.7 Å². The summed E-state index contributed by atoms with van der Waals surface area (Å²) in [4.78, 5) is 39.8. The van der Waals surface area contributed by atoms with Crippen molar-refractivity contribution in [3.8, 4) is 0 Å². The molecule has 1 aliphatic carbocycles. The molecule has 5 nitrogen and oxygen atoms in total. The van der Waals surface area contributed by atoms with Gasteiger partial charge in [0.25, 0.3) is 0 Å². The molecule has 2 aliphatic rings. The molecule has 0 spiro atoms. The molecular formula is C18H30N2O3. The van der Waals surface area contributed by atoms with Gasteiger partial charge in [-0.2, -0.15) is 0 Å². The van der Waals surface area contributed by atoms with Gasteiger partial charge in [-0.15, -0.1) is 0 Å². The minimum atomic E-state index is -0.106. The highest BCUT2D eigenvalue weighted by Crippen LogP contribution is 2.53. The topological polar surface area (TPSA) is 57.7 Å². The van der Waals surface area contributed by atoms with E-state index in [1.54, 1.807) is 11.8 Å². The lowest BCUT2D eigenvalue weighted by Gasteiger charge is -2.51. The first-order valence-corrected chi connectivity index (χ1v) is 8.69. The molecule has 5 heteroatoms. The smallest absolute Gasteiger partial charge is 0.242 e. The molecule has 0 aromatic rings. The van der Waals surface area contributed by atoms with E-state index in [-0.39, 0.29) is 41.4 Å². The van der Waals surface area contributed by atoms with Gasteiger partial charge in [-0.1, -0.05) is 27.7 Å². The van der Waals surface area contributed by atoms with Crippen molar-refractivity contribution >= 4 is 17.6 Å². The van der Waals surface area contributed by atoms with Crippen molar-refractivity contribution in [3.05, 3.63) is 0 Å². The molecule has 0 aromatic carbocycles. The predicted molar refractivity (Wildman–Crippen MR) is 88.7 cm³/mol. The molecule has 2 atom stereocenters. The first-order chi connectivity index (χ1) is 10.6. The van der Waals surface area contributed by atoms with Crippen LogP contribution in [0.1, 0.15) is 47.5 Å². The van der Waals surface area contributed by atoms with Gasteiger partial charge in [-0.25, -0.2) is 0 Å². The first kappa shape index (κ1) is 18.0. The van der Waals surface area contributed by atoms with Crippen molar-refractivity contribution in [3.63, 3.8) is 0 Å². The Morgan fingerprint density at radius 3 is 2.39 bits per heavy atom. The van der Waals surface area contributed by atoms with Crippen LogP contribution in [0.15, 0.2) is 0 Å². The monoisotopic (exact) mass is 322 g/mol. The van der Waals surface area contributed by atoms with Gasteiger partial charge in [0.15, 0.2) is 0 Å². The zero-order valence-corrected chi connectivity index (χ0v) is 15.1. The Bertz CT molecular complexity index is 498. The Hall–Kier alpha value is -1.39. The number of ketones is 1. The van der Waals surface area contributed by atoms with Crippen LogP contribution >= 0.6 is 0 Å². The maximum atomic E-state index is 12.5. The zero-order chi connectivity index (χ0) is 17.4. The van der Waals surface area contributed by atoms with E-state index in [0.29, 0.717) is 25.4 Å². The number of amides is 2. The third-order valence-electron chi connectivity index (χ3n) is 5.64. The maximum absolute atomic E-state index is 12.5. The molecule has 1 saturated carbocycles. The highest BCUT2D eigenvalue weighted by molar-refractivity contribution is 5.86. The van der Waals surface area contributed by atoms with Gasteiger partial charge >= 0.3 is 0 Å². The van der Waals surface area contributed by atoms with E-state index in [4.69, 9.17) is 0 Å². The summed E-state index contributed by atoms with van der Waals surface area (Å²) < 4.78 is 0. The standard InChI is InChI=1S/C18H30N2O3/c1-12(2)10-19-6-7-20(11-17(19)23)16(22)9-14-8-15(13(3)21)18(14,4)5/h12,14-15H,6-11H2,1-5H3/t14-,15+/m1/s1. The number of Topliss-reactive ketones (excluding diaryl/α,β-unsaturated/α-hetero) is 1. The summed E-state index contributed by atoms with van der Waals surface area (Å²) in [5, 5.41) is 0.